The number of aliphatic carboxylic acids is 1. The molecule has 14 heteroatoms. The number of benzene rings is 1. The Balaban J connectivity index is 0.000000405. The van der Waals surface area contributed by atoms with Gasteiger partial charge in [0, 0.05) is 68.2 Å². The number of hydrogen-bond acceptors (Lipinski definition) is 8. The highest BCUT2D eigenvalue weighted by Gasteiger charge is 2.38. The van der Waals surface area contributed by atoms with Gasteiger partial charge in [-0.25, -0.2) is 9.78 Å². The Kier molecular flexibility index (Phi) is 8.44. The van der Waals surface area contributed by atoms with Crippen LogP contribution < -0.4 is 20.4 Å². The molecule has 1 unspecified atom stereocenters. The van der Waals surface area contributed by atoms with Crippen LogP contribution in [0.15, 0.2) is 29.2 Å². The lowest BCUT2D eigenvalue weighted by molar-refractivity contribution is -0.192. The summed E-state index contributed by atoms with van der Waals surface area (Å²) in [6, 6.07) is 8.28. The summed E-state index contributed by atoms with van der Waals surface area (Å²) in [5.41, 5.74) is 8.16. The number of aromatic nitrogens is 2. The van der Waals surface area contributed by atoms with E-state index in [1.807, 2.05) is 12.1 Å². The van der Waals surface area contributed by atoms with E-state index in [2.05, 4.69) is 26.8 Å². The predicted molar refractivity (Wildman–Crippen MR) is 136 cm³/mol. The molecular weight excluding hydrogens is 533 g/mol. The van der Waals surface area contributed by atoms with E-state index < -0.39 is 22.9 Å². The molecule has 2 fully saturated rings. The standard InChI is InChI=1S/C21H27ClN6OS.C2HF3O2/c22-15-3-5-16(6-4-15)26-9-11-27(12-10-26)21-24-18-7-13-30(29)19(18)20(25-21)28-8-1-2-17(28)14-23;3-2(4,5)1(6)7/h3-6,17H,1-2,7-14,23H2;(H,6,7)/t17?,30-;/m1./s1. The molecule has 0 radical (unpaired) electrons. The quantitative estimate of drug-likeness (QED) is 0.582. The number of nitrogens with zero attached hydrogens (tertiary/aromatic N) is 5. The van der Waals surface area contributed by atoms with Gasteiger partial charge in [0.25, 0.3) is 0 Å². The van der Waals surface area contributed by atoms with Crippen molar-refractivity contribution < 1.29 is 27.3 Å². The van der Waals surface area contributed by atoms with Gasteiger partial charge in [0.2, 0.25) is 5.95 Å². The summed E-state index contributed by atoms with van der Waals surface area (Å²) >= 11 is 6.02. The Morgan fingerprint density at radius 1 is 1.11 bits per heavy atom. The molecule has 1 aromatic carbocycles. The molecule has 3 N–H and O–H groups in total. The van der Waals surface area contributed by atoms with E-state index >= 15 is 0 Å². The van der Waals surface area contributed by atoms with E-state index in [0.29, 0.717) is 12.3 Å². The van der Waals surface area contributed by atoms with Crippen molar-refractivity contribution in [2.45, 2.75) is 36.4 Å². The van der Waals surface area contributed by atoms with Crippen LogP contribution in [0.1, 0.15) is 18.5 Å². The predicted octanol–water partition coefficient (Wildman–Crippen LogP) is 2.68. The number of nitrogens with two attached hydrogens (primary N) is 1. The van der Waals surface area contributed by atoms with Crippen molar-refractivity contribution in [2.24, 2.45) is 5.73 Å². The van der Waals surface area contributed by atoms with Crippen LogP contribution in [0.2, 0.25) is 5.02 Å². The van der Waals surface area contributed by atoms with Gasteiger partial charge in [0.15, 0.2) is 5.82 Å². The number of halogens is 4. The van der Waals surface area contributed by atoms with E-state index in [1.54, 1.807) is 0 Å². The summed E-state index contributed by atoms with van der Waals surface area (Å²) in [5.74, 6) is -0.487. The van der Waals surface area contributed by atoms with E-state index in [1.165, 1.54) is 5.69 Å². The fourth-order valence-corrected chi connectivity index (χ4v) is 6.16. The van der Waals surface area contributed by atoms with Crippen LogP contribution in [0, 0.1) is 0 Å². The second kappa shape index (κ2) is 11.4. The van der Waals surface area contributed by atoms with E-state index in [4.69, 9.17) is 37.2 Å². The molecule has 2 aromatic rings. The molecule has 0 saturated carbocycles. The Bertz CT molecular complexity index is 1150. The number of carboxylic acids is 1. The first kappa shape index (κ1) is 27.4. The maximum atomic E-state index is 12.7. The molecule has 9 nitrogen and oxygen atoms in total. The molecule has 0 aliphatic carbocycles. The summed E-state index contributed by atoms with van der Waals surface area (Å²) < 4.78 is 44.4. The Morgan fingerprint density at radius 2 is 1.73 bits per heavy atom. The highest BCUT2D eigenvalue weighted by atomic mass is 35.5. The highest BCUT2D eigenvalue weighted by molar-refractivity contribution is 7.85. The third kappa shape index (κ3) is 6.27. The number of rotatable bonds is 4. The van der Waals surface area contributed by atoms with Crippen LogP contribution in [-0.4, -0.2) is 82.5 Å². The molecule has 4 heterocycles. The summed E-state index contributed by atoms with van der Waals surface area (Å²) in [6.07, 6.45) is -2.16. The van der Waals surface area contributed by atoms with E-state index in [-0.39, 0.29) is 6.04 Å². The van der Waals surface area contributed by atoms with Crippen LogP contribution in [-0.2, 0) is 22.0 Å². The molecule has 3 aliphatic rings. The number of aryl methyl sites for hydroxylation is 1. The molecule has 2 saturated heterocycles. The van der Waals surface area contributed by atoms with E-state index in [9.17, 15) is 17.4 Å². The number of anilines is 3. The van der Waals surface area contributed by atoms with Gasteiger partial charge in [-0.15, -0.1) is 0 Å². The van der Waals surface area contributed by atoms with Crippen LogP contribution in [0.3, 0.4) is 0 Å². The molecule has 0 bridgehead atoms. The van der Waals surface area contributed by atoms with Gasteiger partial charge in [-0.1, -0.05) is 11.6 Å². The zero-order valence-electron chi connectivity index (χ0n) is 20.0. The molecule has 0 amide bonds. The first-order valence-electron chi connectivity index (χ1n) is 11.9. The molecule has 37 heavy (non-hydrogen) atoms. The first-order valence-corrected chi connectivity index (χ1v) is 13.6. The lowest BCUT2D eigenvalue weighted by Gasteiger charge is -2.36. The maximum absolute atomic E-state index is 12.7. The Morgan fingerprint density at radius 3 is 2.32 bits per heavy atom. The van der Waals surface area contributed by atoms with E-state index in [0.717, 1.165) is 79.4 Å². The molecule has 1 aromatic heterocycles. The van der Waals surface area contributed by atoms with Crippen LogP contribution in [0.25, 0.3) is 0 Å². The van der Waals surface area contributed by atoms with Gasteiger partial charge in [0.05, 0.1) is 16.5 Å². The molecule has 5 rings (SSSR count). The molecule has 0 spiro atoms. The first-order chi connectivity index (χ1) is 17.6. The third-order valence-electron chi connectivity index (χ3n) is 6.58. The fraction of sp³-hybridized carbons (Fsp3) is 0.522. The number of carboxylic acid groups (broad SMARTS) is 1. The van der Waals surface area contributed by atoms with Gasteiger partial charge < -0.3 is 25.5 Å². The average molecular weight is 561 g/mol. The topological polar surface area (TPSA) is 116 Å². The Hall–Kier alpha value is -2.64. The fourth-order valence-electron chi connectivity index (χ4n) is 4.68. The lowest BCUT2D eigenvalue weighted by Crippen LogP contribution is -2.47. The number of hydrogen-bond donors (Lipinski definition) is 2. The van der Waals surface area contributed by atoms with Crippen molar-refractivity contribution in [3.63, 3.8) is 0 Å². The number of alkyl halides is 3. The van der Waals surface area contributed by atoms with Crippen LogP contribution in [0.4, 0.5) is 30.6 Å². The van der Waals surface area contributed by atoms with Crippen molar-refractivity contribution in [1.29, 1.82) is 0 Å². The Labute approximate surface area is 219 Å². The van der Waals surface area contributed by atoms with Gasteiger partial charge >= 0.3 is 12.1 Å². The van der Waals surface area contributed by atoms with Crippen molar-refractivity contribution >= 4 is 45.8 Å². The zero-order valence-corrected chi connectivity index (χ0v) is 21.5. The molecule has 2 atom stereocenters. The normalized spacial score (nSPS) is 21.5. The molecule has 3 aliphatic heterocycles. The minimum Gasteiger partial charge on any atom is -0.475 e. The summed E-state index contributed by atoms with van der Waals surface area (Å²) in [5, 5.41) is 7.88. The number of fused-ring (bicyclic) bond motifs is 1. The molecule has 202 valence electrons. The minimum absolute atomic E-state index is 0.274. The molecular formula is C23H28ClF3N6O3S. The van der Waals surface area contributed by atoms with Crippen molar-refractivity contribution in [3.05, 3.63) is 35.0 Å². The van der Waals surface area contributed by atoms with Crippen molar-refractivity contribution in [2.75, 3.05) is 59.7 Å². The van der Waals surface area contributed by atoms with Gasteiger partial charge in [-0.3, -0.25) is 4.21 Å². The summed E-state index contributed by atoms with van der Waals surface area (Å²) in [6.45, 7) is 5.03. The van der Waals surface area contributed by atoms with Gasteiger partial charge in [-0.2, -0.15) is 18.2 Å². The van der Waals surface area contributed by atoms with Crippen LogP contribution in [0.5, 0.6) is 0 Å². The largest absolute Gasteiger partial charge is 0.490 e. The highest BCUT2D eigenvalue weighted by Crippen LogP contribution is 2.35. The third-order valence-corrected chi connectivity index (χ3v) is 8.28. The second-order valence-electron chi connectivity index (χ2n) is 8.90. The average Bonchev–Trinajstić information content (AvgIpc) is 3.50. The lowest BCUT2D eigenvalue weighted by atomic mass is 10.2. The van der Waals surface area contributed by atoms with Crippen molar-refractivity contribution in [1.82, 2.24) is 9.97 Å². The van der Waals surface area contributed by atoms with Gasteiger partial charge in [0.1, 0.15) is 4.90 Å². The summed E-state index contributed by atoms with van der Waals surface area (Å²) in [4.78, 5) is 26.4. The SMILES string of the molecule is NCC1CCCN1c1nc(N2CCN(c3ccc(Cl)cc3)CC2)nc2c1[S@](=O)CC2.O=C(O)C(F)(F)F. The monoisotopic (exact) mass is 560 g/mol. The number of piperazine rings is 1. The smallest absolute Gasteiger partial charge is 0.475 e. The minimum atomic E-state index is -5.08. The second-order valence-corrected chi connectivity index (χ2v) is 10.8. The number of carbonyl (C=O) groups is 1. The zero-order chi connectivity index (χ0) is 26.7. The van der Waals surface area contributed by atoms with Crippen molar-refractivity contribution in [3.8, 4) is 0 Å². The maximum Gasteiger partial charge on any atom is 0.490 e. The van der Waals surface area contributed by atoms with Gasteiger partial charge in [-0.05, 0) is 37.1 Å². The summed E-state index contributed by atoms with van der Waals surface area (Å²) in [7, 11) is -1.01. The van der Waals surface area contributed by atoms with Crippen LogP contribution >= 0.6 is 11.6 Å².